The molecule has 0 radical (unpaired) electrons. The summed E-state index contributed by atoms with van der Waals surface area (Å²) in [7, 11) is 0. The number of aromatic amines is 1. The Kier molecular flexibility index (Phi) is 3.32. The second kappa shape index (κ2) is 5.65. The maximum atomic E-state index is 9.27. The van der Waals surface area contributed by atoms with Crippen LogP contribution in [0, 0.1) is 18.3 Å². The van der Waals surface area contributed by atoms with Gasteiger partial charge in [-0.05, 0) is 36.8 Å². The Balaban J connectivity index is 2.03. The Hall–Kier alpha value is -3.86. The average Bonchev–Trinajstić information content (AvgIpc) is 3.11. The van der Waals surface area contributed by atoms with Crippen molar-refractivity contribution < 1.29 is 0 Å². The van der Waals surface area contributed by atoms with Crippen LogP contribution in [0.2, 0.25) is 0 Å². The van der Waals surface area contributed by atoms with Crippen LogP contribution < -0.4 is 5.73 Å². The van der Waals surface area contributed by atoms with Gasteiger partial charge in [0.15, 0.2) is 11.5 Å². The third-order valence-electron chi connectivity index (χ3n) is 3.86. The van der Waals surface area contributed by atoms with Crippen LogP contribution in [0.1, 0.15) is 11.3 Å². The van der Waals surface area contributed by atoms with E-state index in [0.717, 1.165) is 22.0 Å². The summed E-state index contributed by atoms with van der Waals surface area (Å²) in [5.41, 5.74) is 10.2. The zero-order valence-corrected chi connectivity index (χ0v) is 13.2. The van der Waals surface area contributed by atoms with Crippen LogP contribution in [0.15, 0.2) is 36.7 Å². The fraction of sp³-hybridized carbons (Fsp3) is 0.0588. The van der Waals surface area contributed by atoms with E-state index in [2.05, 4.69) is 30.4 Å². The van der Waals surface area contributed by atoms with E-state index in [4.69, 9.17) is 5.73 Å². The predicted octanol–water partition coefficient (Wildman–Crippen LogP) is 2.24. The summed E-state index contributed by atoms with van der Waals surface area (Å²) in [6.45, 7) is 1.97. The Morgan fingerprint density at radius 3 is 2.84 bits per heavy atom. The van der Waals surface area contributed by atoms with Gasteiger partial charge in [0.1, 0.15) is 17.5 Å². The molecule has 4 rings (SSSR count). The number of aromatic nitrogens is 6. The number of hydrogen-bond acceptors (Lipinski definition) is 7. The molecule has 1 aromatic carbocycles. The van der Waals surface area contributed by atoms with E-state index in [1.54, 1.807) is 24.5 Å². The largest absolute Gasteiger partial charge is 0.381 e. The number of aryl methyl sites for hydroxylation is 1. The first-order chi connectivity index (χ1) is 12.2. The Labute approximate surface area is 142 Å². The second-order valence-electron chi connectivity index (χ2n) is 5.50. The van der Waals surface area contributed by atoms with Crippen molar-refractivity contribution in [2.75, 3.05) is 5.73 Å². The molecule has 0 fully saturated rings. The van der Waals surface area contributed by atoms with Gasteiger partial charge in [0.05, 0.1) is 17.4 Å². The number of hydrogen-bond donors (Lipinski definition) is 2. The fourth-order valence-electron chi connectivity index (χ4n) is 2.71. The minimum absolute atomic E-state index is 0.0630. The lowest BCUT2D eigenvalue weighted by molar-refractivity contribution is 1.02. The van der Waals surface area contributed by atoms with Crippen LogP contribution in [0.5, 0.6) is 0 Å². The second-order valence-corrected chi connectivity index (χ2v) is 5.50. The van der Waals surface area contributed by atoms with E-state index in [9.17, 15) is 5.26 Å². The molecule has 0 spiro atoms. The number of nitriles is 1. The van der Waals surface area contributed by atoms with Gasteiger partial charge in [-0.1, -0.05) is 0 Å². The Morgan fingerprint density at radius 2 is 2.08 bits per heavy atom. The van der Waals surface area contributed by atoms with Gasteiger partial charge in [0.25, 0.3) is 0 Å². The molecule has 3 N–H and O–H groups in total. The summed E-state index contributed by atoms with van der Waals surface area (Å²) >= 11 is 0. The molecule has 8 nitrogen and oxygen atoms in total. The minimum atomic E-state index is 0.0630. The van der Waals surface area contributed by atoms with Crippen LogP contribution >= 0.6 is 0 Å². The molecule has 0 saturated carbocycles. The van der Waals surface area contributed by atoms with Gasteiger partial charge in [-0.2, -0.15) is 15.5 Å². The molecule has 0 saturated heterocycles. The van der Waals surface area contributed by atoms with Gasteiger partial charge < -0.3 is 5.73 Å². The monoisotopic (exact) mass is 328 g/mol. The van der Waals surface area contributed by atoms with E-state index in [-0.39, 0.29) is 11.5 Å². The third-order valence-corrected chi connectivity index (χ3v) is 3.86. The molecule has 0 aliphatic heterocycles. The molecule has 0 aliphatic carbocycles. The molecule has 3 aromatic heterocycles. The molecule has 8 heteroatoms. The molecule has 0 aliphatic rings. The summed E-state index contributed by atoms with van der Waals surface area (Å²) in [4.78, 5) is 8.78. The molecule has 25 heavy (non-hydrogen) atoms. The number of H-pyrrole nitrogens is 1. The lowest BCUT2D eigenvalue weighted by Gasteiger charge is -2.10. The summed E-state index contributed by atoms with van der Waals surface area (Å²) < 4.78 is 0. The molecule has 0 atom stereocenters. The lowest BCUT2D eigenvalue weighted by Crippen LogP contribution is -2.04. The number of benzene rings is 1. The minimum Gasteiger partial charge on any atom is -0.381 e. The molecule has 3 heterocycles. The summed E-state index contributed by atoms with van der Waals surface area (Å²) in [5.74, 6) is 0.0630. The zero-order chi connectivity index (χ0) is 17.4. The standard InChI is InChI=1S/C17H12N8/c1-9-5-10(6-11-8-21-25-14(9)11)15-16(12-3-2-4-20-24-12)23-17(19)13(7-18)22-15/h2-6,8H,1H3,(H2,19,23)(H,21,25). The van der Waals surface area contributed by atoms with Crippen molar-refractivity contribution in [3.05, 3.63) is 47.9 Å². The molecule has 0 unspecified atom stereocenters. The highest BCUT2D eigenvalue weighted by molar-refractivity contribution is 5.89. The quantitative estimate of drug-likeness (QED) is 0.577. The normalized spacial score (nSPS) is 10.7. The van der Waals surface area contributed by atoms with E-state index in [1.807, 2.05) is 25.1 Å². The van der Waals surface area contributed by atoms with E-state index in [1.165, 1.54) is 0 Å². The van der Waals surface area contributed by atoms with Gasteiger partial charge in [0, 0.05) is 17.1 Å². The topological polar surface area (TPSA) is 130 Å². The van der Waals surface area contributed by atoms with E-state index in [0.29, 0.717) is 17.1 Å². The number of anilines is 1. The van der Waals surface area contributed by atoms with Crippen LogP contribution in [0.4, 0.5) is 5.82 Å². The first kappa shape index (κ1) is 14.7. The van der Waals surface area contributed by atoms with Gasteiger partial charge in [0.2, 0.25) is 0 Å². The molecule has 0 amide bonds. The number of nitrogens with zero attached hydrogens (tertiary/aromatic N) is 6. The van der Waals surface area contributed by atoms with Gasteiger partial charge >= 0.3 is 0 Å². The van der Waals surface area contributed by atoms with Crippen LogP contribution in [0.25, 0.3) is 33.5 Å². The highest BCUT2D eigenvalue weighted by Gasteiger charge is 2.17. The molecule has 4 aromatic rings. The Morgan fingerprint density at radius 1 is 1.20 bits per heavy atom. The van der Waals surface area contributed by atoms with E-state index < -0.39 is 0 Å². The van der Waals surface area contributed by atoms with Crippen molar-refractivity contribution in [1.29, 1.82) is 5.26 Å². The molecule has 0 bridgehead atoms. The average molecular weight is 328 g/mol. The van der Waals surface area contributed by atoms with Crippen molar-refractivity contribution in [2.45, 2.75) is 6.92 Å². The number of rotatable bonds is 2. The SMILES string of the molecule is Cc1cc(-c2nc(C#N)c(N)nc2-c2cccnn2)cc2cn[nH]c12. The van der Waals surface area contributed by atoms with Crippen LogP contribution in [0.3, 0.4) is 0 Å². The first-order valence-corrected chi connectivity index (χ1v) is 7.47. The fourth-order valence-corrected chi connectivity index (χ4v) is 2.71. The summed E-state index contributed by atoms with van der Waals surface area (Å²) in [6.07, 6.45) is 3.31. The first-order valence-electron chi connectivity index (χ1n) is 7.47. The van der Waals surface area contributed by atoms with Crippen LogP contribution in [-0.4, -0.2) is 30.4 Å². The highest BCUT2D eigenvalue weighted by Crippen LogP contribution is 2.32. The Bertz CT molecular complexity index is 1120. The third kappa shape index (κ3) is 2.44. The smallest absolute Gasteiger partial charge is 0.183 e. The van der Waals surface area contributed by atoms with Crippen molar-refractivity contribution in [2.24, 2.45) is 0 Å². The van der Waals surface area contributed by atoms with Gasteiger partial charge in [-0.25, -0.2) is 9.97 Å². The lowest BCUT2D eigenvalue weighted by atomic mass is 10.0. The van der Waals surface area contributed by atoms with Crippen molar-refractivity contribution in [3.8, 4) is 28.7 Å². The van der Waals surface area contributed by atoms with E-state index >= 15 is 0 Å². The van der Waals surface area contributed by atoms with Crippen molar-refractivity contribution in [3.63, 3.8) is 0 Å². The zero-order valence-electron chi connectivity index (χ0n) is 13.2. The van der Waals surface area contributed by atoms with Gasteiger partial charge in [-0.15, -0.1) is 5.10 Å². The van der Waals surface area contributed by atoms with Crippen LogP contribution in [-0.2, 0) is 0 Å². The summed E-state index contributed by atoms with van der Waals surface area (Å²) in [5, 5.41) is 25.2. The maximum Gasteiger partial charge on any atom is 0.183 e. The van der Waals surface area contributed by atoms with Gasteiger partial charge in [-0.3, -0.25) is 5.10 Å². The van der Waals surface area contributed by atoms with Crippen molar-refractivity contribution >= 4 is 16.7 Å². The molecule has 120 valence electrons. The number of nitrogens with one attached hydrogen (secondary N) is 1. The maximum absolute atomic E-state index is 9.27. The number of fused-ring (bicyclic) bond motifs is 1. The summed E-state index contributed by atoms with van der Waals surface area (Å²) in [6, 6.07) is 9.41. The highest BCUT2D eigenvalue weighted by atomic mass is 15.1. The number of nitrogen functional groups attached to an aromatic ring is 1. The number of nitrogens with two attached hydrogens (primary N) is 1. The predicted molar refractivity (Wildman–Crippen MR) is 92.0 cm³/mol. The molecular formula is C17H12N8. The van der Waals surface area contributed by atoms with Crippen molar-refractivity contribution in [1.82, 2.24) is 30.4 Å². The molecular weight excluding hydrogens is 316 g/mol.